The Balaban J connectivity index is 0.00000220. The topological polar surface area (TPSA) is 46.3 Å². The van der Waals surface area contributed by atoms with Crippen LogP contribution >= 0.6 is 28.3 Å². The Morgan fingerprint density at radius 2 is 1.90 bits per heavy atom. The van der Waals surface area contributed by atoms with Gasteiger partial charge in [-0.1, -0.05) is 40.9 Å². The summed E-state index contributed by atoms with van der Waals surface area (Å²) in [6.07, 6.45) is 5.17. The van der Waals surface area contributed by atoms with Crippen LogP contribution in [0.15, 0.2) is 28.7 Å². The molecule has 2 unspecified atom stereocenters. The van der Waals surface area contributed by atoms with Crippen molar-refractivity contribution in [3.05, 3.63) is 34.3 Å². The molecule has 5 heteroatoms. The highest BCUT2D eigenvalue weighted by Crippen LogP contribution is 2.26. The van der Waals surface area contributed by atoms with E-state index in [0.717, 1.165) is 22.9 Å². The van der Waals surface area contributed by atoms with Gasteiger partial charge in [-0.2, -0.15) is 0 Å². The molecule has 118 valence electrons. The van der Waals surface area contributed by atoms with Crippen molar-refractivity contribution in [2.75, 3.05) is 7.05 Å². The highest BCUT2D eigenvalue weighted by molar-refractivity contribution is 9.10. The molecule has 1 amide bonds. The van der Waals surface area contributed by atoms with E-state index in [1.54, 1.807) is 0 Å². The number of rotatable bonds is 4. The molecule has 0 bridgehead atoms. The standard InChI is InChI=1S/C16H23BrN2O.ClH/c1-19(11-12-6-8-14(17)9-7-12)16(20)10-13-4-2-3-5-15(13)18;/h6-9,13,15H,2-5,10-11,18H2,1H3;1H. The van der Waals surface area contributed by atoms with Gasteiger partial charge in [-0.15, -0.1) is 12.4 Å². The van der Waals surface area contributed by atoms with Crippen LogP contribution in [0.5, 0.6) is 0 Å². The fourth-order valence-corrected chi connectivity index (χ4v) is 3.09. The van der Waals surface area contributed by atoms with E-state index < -0.39 is 0 Å². The number of amides is 1. The summed E-state index contributed by atoms with van der Waals surface area (Å²) >= 11 is 3.42. The van der Waals surface area contributed by atoms with Crippen molar-refractivity contribution in [3.8, 4) is 0 Å². The Morgan fingerprint density at radius 1 is 1.29 bits per heavy atom. The second-order valence-corrected chi connectivity index (χ2v) is 6.70. The minimum absolute atomic E-state index is 0. The molecule has 2 N–H and O–H groups in total. The highest BCUT2D eigenvalue weighted by atomic mass is 79.9. The van der Waals surface area contributed by atoms with E-state index in [9.17, 15) is 4.79 Å². The summed E-state index contributed by atoms with van der Waals surface area (Å²) in [6.45, 7) is 0.661. The minimum Gasteiger partial charge on any atom is -0.341 e. The molecule has 0 aromatic heterocycles. The molecule has 1 aliphatic carbocycles. The first-order valence-corrected chi connectivity index (χ1v) is 8.09. The summed E-state index contributed by atoms with van der Waals surface area (Å²) in [5.41, 5.74) is 7.27. The van der Waals surface area contributed by atoms with Crippen LogP contribution in [-0.2, 0) is 11.3 Å². The summed E-state index contributed by atoms with van der Waals surface area (Å²) in [5, 5.41) is 0. The number of carbonyl (C=O) groups excluding carboxylic acids is 1. The number of hydrogen-bond acceptors (Lipinski definition) is 2. The molecule has 1 saturated carbocycles. The van der Waals surface area contributed by atoms with Crippen LogP contribution in [-0.4, -0.2) is 23.9 Å². The lowest BCUT2D eigenvalue weighted by atomic mass is 9.83. The van der Waals surface area contributed by atoms with Crippen LogP contribution in [0.1, 0.15) is 37.7 Å². The van der Waals surface area contributed by atoms with Crippen LogP contribution in [0.4, 0.5) is 0 Å². The first kappa shape index (κ1) is 18.5. The molecule has 21 heavy (non-hydrogen) atoms. The molecule has 0 heterocycles. The number of benzene rings is 1. The number of nitrogens with zero attached hydrogens (tertiary/aromatic N) is 1. The van der Waals surface area contributed by atoms with E-state index in [1.165, 1.54) is 12.8 Å². The predicted molar refractivity (Wildman–Crippen MR) is 92.4 cm³/mol. The number of carbonyl (C=O) groups is 1. The summed E-state index contributed by atoms with van der Waals surface area (Å²) < 4.78 is 1.06. The maximum Gasteiger partial charge on any atom is 0.222 e. The molecule has 1 aliphatic rings. The summed E-state index contributed by atoms with van der Waals surface area (Å²) in [4.78, 5) is 14.1. The summed E-state index contributed by atoms with van der Waals surface area (Å²) in [6, 6.07) is 8.30. The lowest BCUT2D eigenvalue weighted by Crippen LogP contribution is -2.37. The van der Waals surface area contributed by atoms with Crippen molar-refractivity contribution < 1.29 is 4.79 Å². The lowest BCUT2D eigenvalue weighted by Gasteiger charge is -2.29. The first-order valence-electron chi connectivity index (χ1n) is 7.30. The van der Waals surface area contributed by atoms with Gasteiger partial charge in [0.05, 0.1) is 0 Å². The molecule has 1 fully saturated rings. The van der Waals surface area contributed by atoms with Gasteiger partial charge in [0.1, 0.15) is 0 Å². The van der Waals surface area contributed by atoms with Crippen molar-refractivity contribution in [2.24, 2.45) is 11.7 Å². The third kappa shape index (κ3) is 5.61. The Kier molecular flexibility index (Phi) is 7.71. The Morgan fingerprint density at radius 3 is 2.52 bits per heavy atom. The van der Waals surface area contributed by atoms with Gasteiger partial charge in [0.2, 0.25) is 5.91 Å². The van der Waals surface area contributed by atoms with Gasteiger partial charge in [0, 0.05) is 30.5 Å². The van der Waals surface area contributed by atoms with Gasteiger partial charge in [-0.3, -0.25) is 4.79 Å². The summed E-state index contributed by atoms with van der Waals surface area (Å²) in [5.74, 6) is 0.568. The molecule has 3 nitrogen and oxygen atoms in total. The number of nitrogens with two attached hydrogens (primary N) is 1. The van der Waals surface area contributed by atoms with E-state index in [-0.39, 0.29) is 24.4 Å². The van der Waals surface area contributed by atoms with Gasteiger partial charge < -0.3 is 10.6 Å². The van der Waals surface area contributed by atoms with Crippen molar-refractivity contribution in [3.63, 3.8) is 0 Å². The van der Waals surface area contributed by atoms with Crippen LogP contribution < -0.4 is 5.73 Å². The lowest BCUT2D eigenvalue weighted by molar-refractivity contribution is -0.131. The second kappa shape index (κ2) is 8.76. The normalized spacial score (nSPS) is 21.5. The van der Waals surface area contributed by atoms with Gasteiger partial charge in [0.25, 0.3) is 0 Å². The molecule has 2 rings (SSSR count). The number of hydrogen-bond donors (Lipinski definition) is 1. The Hall–Kier alpha value is -0.580. The maximum atomic E-state index is 12.3. The third-order valence-corrected chi connectivity index (χ3v) is 4.69. The van der Waals surface area contributed by atoms with Crippen molar-refractivity contribution in [1.29, 1.82) is 0 Å². The molecule has 1 aromatic rings. The smallest absolute Gasteiger partial charge is 0.222 e. The third-order valence-electron chi connectivity index (χ3n) is 4.16. The predicted octanol–water partition coefficient (Wildman–Crippen LogP) is 3.74. The van der Waals surface area contributed by atoms with E-state index in [4.69, 9.17) is 5.73 Å². The van der Waals surface area contributed by atoms with Gasteiger partial charge >= 0.3 is 0 Å². The van der Waals surface area contributed by atoms with Gasteiger partial charge in [-0.25, -0.2) is 0 Å². The van der Waals surface area contributed by atoms with Crippen LogP contribution in [0.2, 0.25) is 0 Å². The zero-order valence-corrected chi connectivity index (χ0v) is 14.8. The van der Waals surface area contributed by atoms with Crippen LogP contribution in [0.25, 0.3) is 0 Å². The molecule has 1 aromatic carbocycles. The SMILES string of the molecule is CN(Cc1ccc(Br)cc1)C(=O)CC1CCCCC1N.Cl. The molecule has 0 aliphatic heterocycles. The van der Waals surface area contributed by atoms with Gasteiger partial charge in [0.15, 0.2) is 0 Å². The number of halogens is 2. The van der Waals surface area contributed by atoms with Crippen molar-refractivity contribution in [2.45, 2.75) is 44.7 Å². The van der Waals surface area contributed by atoms with Crippen LogP contribution in [0, 0.1) is 5.92 Å². The maximum absolute atomic E-state index is 12.3. The zero-order chi connectivity index (χ0) is 14.5. The second-order valence-electron chi connectivity index (χ2n) is 5.79. The van der Waals surface area contributed by atoms with Crippen molar-refractivity contribution in [1.82, 2.24) is 4.90 Å². The Bertz CT molecular complexity index is 452. The first-order chi connectivity index (χ1) is 9.56. The fraction of sp³-hybridized carbons (Fsp3) is 0.562. The largest absolute Gasteiger partial charge is 0.341 e. The molecule has 2 atom stereocenters. The van der Waals surface area contributed by atoms with Crippen LogP contribution in [0.3, 0.4) is 0 Å². The zero-order valence-electron chi connectivity index (χ0n) is 12.4. The minimum atomic E-state index is 0. The monoisotopic (exact) mass is 374 g/mol. The molecule has 0 spiro atoms. The summed E-state index contributed by atoms with van der Waals surface area (Å²) in [7, 11) is 1.87. The quantitative estimate of drug-likeness (QED) is 0.871. The molecule has 0 radical (unpaired) electrons. The molecule has 0 saturated heterocycles. The molecular formula is C16H24BrClN2O. The van der Waals surface area contributed by atoms with Gasteiger partial charge in [-0.05, 0) is 36.5 Å². The highest BCUT2D eigenvalue weighted by Gasteiger charge is 2.25. The average molecular weight is 376 g/mol. The van der Waals surface area contributed by atoms with E-state index in [2.05, 4.69) is 15.9 Å². The van der Waals surface area contributed by atoms with E-state index in [0.29, 0.717) is 18.9 Å². The average Bonchev–Trinajstić information content (AvgIpc) is 2.44. The Labute approximate surface area is 141 Å². The van der Waals surface area contributed by atoms with E-state index in [1.807, 2.05) is 36.2 Å². The van der Waals surface area contributed by atoms with Crippen molar-refractivity contribution >= 4 is 34.2 Å². The molecular weight excluding hydrogens is 352 g/mol. The van der Waals surface area contributed by atoms with E-state index >= 15 is 0 Å². The fourth-order valence-electron chi connectivity index (χ4n) is 2.82.